The lowest BCUT2D eigenvalue weighted by Crippen LogP contribution is -2.48. The number of halogens is 2. The van der Waals surface area contributed by atoms with E-state index in [1.807, 2.05) is 17.0 Å². The molecule has 1 aromatic carbocycles. The van der Waals surface area contributed by atoms with Crippen molar-refractivity contribution in [3.05, 3.63) is 53.7 Å². The van der Waals surface area contributed by atoms with Gasteiger partial charge in [0, 0.05) is 51.4 Å². The predicted octanol–water partition coefficient (Wildman–Crippen LogP) is 2.83. The number of benzene rings is 1. The topological polar surface area (TPSA) is 78.4 Å². The number of nitrogens with one attached hydrogen (secondary N) is 1. The van der Waals surface area contributed by atoms with Gasteiger partial charge in [0.1, 0.15) is 22.0 Å². The summed E-state index contributed by atoms with van der Waals surface area (Å²) in [6.45, 7) is 2.85. The molecule has 0 aliphatic carbocycles. The SMILES string of the molecule is O=C(NCCCC(=O)N1CCN(c2nc3cccnc3s2)CC1)c1ccc(F)cc1F. The maximum Gasteiger partial charge on any atom is 0.254 e. The quantitative estimate of drug-likeness (QED) is 0.591. The van der Waals surface area contributed by atoms with Crippen LogP contribution >= 0.6 is 11.3 Å². The fourth-order valence-electron chi connectivity index (χ4n) is 3.41. The first-order chi connectivity index (χ1) is 15.0. The molecular formula is C21H21F2N5O2S. The minimum atomic E-state index is -0.907. The molecule has 1 saturated heterocycles. The van der Waals surface area contributed by atoms with Gasteiger partial charge in [-0.25, -0.2) is 18.7 Å². The van der Waals surface area contributed by atoms with Gasteiger partial charge in [0.2, 0.25) is 5.91 Å². The zero-order valence-electron chi connectivity index (χ0n) is 16.7. The molecule has 1 aliphatic rings. The summed E-state index contributed by atoms with van der Waals surface area (Å²) >= 11 is 1.55. The Bertz CT molecular complexity index is 1070. The highest BCUT2D eigenvalue weighted by molar-refractivity contribution is 7.21. The van der Waals surface area contributed by atoms with E-state index in [4.69, 9.17) is 0 Å². The van der Waals surface area contributed by atoms with Crippen molar-refractivity contribution >= 4 is 38.6 Å². The molecule has 162 valence electrons. The smallest absolute Gasteiger partial charge is 0.254 e. The van der Waals surface area contributed by atoms with E-state index >= 15 is 0 Å². The number of pyridine rings is 1. The van der Waals surface area contributed by atoms with Gasteiger partial charge in [-0.15, -0.1) is 0 Å². The Kier molecular flexibility index (Phi) is 6.36. The lowest BCUT2D eigenvalue weighted by molar-refractivity contribution is -0.131. The van der Waals surface area contributed by atoms with Crippen LogP contribution in [0.5, 0.6) is 0 Å². The number of amides is 2. The fraction of sp³-hybridized carbons (Fsp3) is 0.333. The molecule has 7 nitrogen and oxygen atoms in total. The van der Waals surface area contributed by atoms with Crippen LogP contribution in [0.4, 0.5) is 13.9 Å². The molecular weight excluding hydrogens is 424 g/mol. The molecule has 2 amide bonds. The molecule has 10 heteroatoms. The number of piperazine rings is 1. The third kappa shape index (κ3) is 4.96. The Morgan fingerprint density at radius 3 is 2.68 bits per heavy atom. The van der Waals surface area contributed by atoms with Crippen molar-refractivity contribution < 1.29 is 18.4 Å². The third-order valence-electron chi connectivity index (χ3n) is 5.09. The fourth-order valence-corrected chi connectivity index (χ4v) is 4.37. The standard InChI is InChI=1S/C21H21F2N5O2S/c22-14-5-6-15(16(23)13-14)19(30)24-7-2-4-18(29)27-9-11-28(12-10-27)21-26-17-3-1-8-25-20(17)31-21/h1,3,5-6,8,13H,2,4,7,9-12H2,(H,24,30). The maximum atomic E-state index is 13.6. The average molecular weight is 445 g/mol. The van der Waals surface area contributed by atoms with Crippen LogP contribution in [0.3, 0.4) is 0 Å². The first-order valence-corrected chi connectivity index (χ1v) is 10.8. The normalized spacial score (nSPS) is 14.1. The molecule has 31 heavy (non-hydrogen) atoms. The highest BCUT2D eigenvalue weighted by atomic mass is 32.1. The van der Waals surface area contributed by atoms with Gasteiger partial charge < -0.3 is 15.1 Å². The van der Waals surface area contributed by atoms with Crippen molar-refractivity contribution in [2.24, 2.45) is 0 Å². The number of thiazole rings is 1. The molecule has 1 fully saturated rings. The van der Waals surface area contributed by atoms with Crippen molar-refractivity contribution in [2.45, 2.75) is 12.8 Å². The van der Waals surface area contributed by atoms with Crippen LogP contribution in [0.1, 0.15) is 23.2 Å². The van der Waals surface area contributed by atoms with Crippen LogP contribution in [-0.4, -0.2) is 59.4 Å². The van der Waals surface area contributed by atoms with Gasteiger partial charge in [-0.05, 0) is 30.7 Å². The van der Waals surface area contributed by atoms with E-state index in [1.165, 1.54) is 0 Å². The predicted molar refractivity (Wildman–Crippen MR) is 114 cm³/mol. The molecule has 0 unspecified atom stereocenters. The second-order valence-corrected chi connectivity index (χ2v) is 8.13. The number of carbonyl (C=O) groups excluding carboxylic acids is 2. The number of rotatable bonds is 6. The summed E-state index contributed by atoms with van der Waals surface area (Å²) in [6, 6.07) is 6.60. The summed E-state index contributed by atoms with van der Waals surface area (Å²) in [6.07, 6.45) is 2.48. The molecule has 1 aliphatic heterocycles. The van der Waals surface area contributed by atoms with Gasteiger partial charge in [0.15, 0.2) is 5.13 Å². The molecule has 0 atom stereocenters. The molecule has 2 aromatic heterocycles. The summed E-state index contributed by atoms with van der Waals surface area (Å²) in [7, 11) is 0. The molecule has 4 rings (SSSR count). The summed E-state index contributed by atoms with van der Waals surface area (Å²) in [4.78, 5) is 38.2. The maximum absolute atomic E-state index is 13.6. The van der Waals surface area contributed by atoms with Crippen LogP contribution in [0.2, 0.25) is 0 Å². The van der Waals surface area contributed by atoms with Crippen LogP contribution in [0.15, 0.2) is 36.5 Å². The van der Waals surface area contributed by atoms with Gasteiger partial charge in [0.25, 0.3) is 5.91 Å². The largest absolute Gasteiger partial charge is 0.352 e. The van der Waals surface area contributed by atoms with Gasteiger partial charge in [-0.3, -0.25) is 9.59 Å². The van der Waals surface area contributed by atoms with Gasteiger partial charge in [-0.2, -0.15) is 0 Å². The molecule has 0 saturated carbocycles. The second kappa shape index (κ2) is 9.34. The number of hydrogen-bond donors (Lipinski definition) is 1. The minimum absolute atomic E-state index is 0.0211. The van der Waals surface area contributed by atoms with E-state index < -0.39 is 17.5 Å². The van der Waals surface area contributed by atoms with E-state index in [-0.39, 0.29) is 24.4 Å². The van der Waals surface area contributed by atoms with Crippen LogP contribution in [0, 0.1) is 11.6 Å². The van der Waals surface area contributed by atoms with Crippen molar-refractivity contribution in [1.29, 1.82) is 0 Å². The van der Waals surface area contributed by atoms with E-state index in [9.17, 15) is 18.4 Å². The van der Waals surface area contributed by atoms with Gasteiger partial charge in [-0.1, -0.05) is 11.3 Å². The van der Waals surface area contributed by atoms with E-state index in [2.05, 4.69) is 20.2 Å². The van der Waals surface area contributed by atoms with Crippen LogP contribution in [-0.2, 0) is 4.79 Å². The molecule has 3 aromatic rings. The van der Waals surface area contributed by atoms with Gasteiger partial charge in [0.05, 0.1) is 5.56 Å². The molecule has 1 N–H and O–H groups in total. The van der Waals surface area contributed by atoms with Crippen molar-refractivity contribution in [3.8, 4) is 0 Å². The number of anilines is 1. The number of hydrogen-bond acceptors (Lipinski definition) is 6. The zero-order valence-corrected chi connectivity index (χ0v) is 17.5. The summed E-state index contributed by atoms with van der Waals surface area (Å²) in [5.41, 5.74) is 0.664. The van der Waals surface area contributed by atoms with E-state index in [0.717, 1.165) is 27.6 Å². The Hall–Kier alpha value is -3.14. The highest BCUT2D eigenvalue weighted by Gasteiger charge is 2.23. The Morgan fingerprint density at radius 2 is 1.94 bits per heavy atom. The summed E-state index contributed by atoms with van der Waals surface area (Å²) in [5, 5.41) is 3.48. The van der Waals surface area contributed by atoms with Crippen LogP contribution < -0.4 is 10.2 Å². The lowest BCUT2D eigenvalue weighted by atomic mass is 10.2. The average Bonchev–Trinajstić information content (AvgIpc) is 3.21. The number of carbonyl (C=O) groups is 2. The van der Waals surface area contributed by atoms with Gasteiger partial charge >= 0.3 is 0 Å². The Balaban J connectivity index is 1.20. The molecule has 0 radical (unpaired) electrons. The second-order valence-electron chi connectivity index (χ2n) is 7.18. The van der Waals surface area contributed by atoms with Crippen molar-refractivity contribution in [1.82, 2.24) is 20.2 Å². The first-order valence-electron chi connectivity index (χ1n) is 9.99. The summed E-state index contributed by atoms with van der Waals surface area (Å²) in [5.74, 6) is -2.24. The van der Waals surface area contributed by atoms with Crippen LogP contribution in [0.25, 0.3) is 10.3 Å². The monoisotopic (exact) mass is 445 g/mol. The first kappa shape index (κ1) is 21.1. The summed E-state index contributed by atoms with van der Waals surface area (Å²) < 4.78 is 26.6. The highest BCUT2D eigenvalue weighted by Crippen LogP contribution is 2.27. The van der Waals surface area contributed by atoms with Crippen molar-refractivity contribution in [3.63, 3.8) is 0 Å². The zero-order chi connectivity index (χ0) is 21.8. The molecule has 3 heterocycles. The molecule has 0 spiro atoms. The van der Waals surface area contributed by atoms with E-state index in [1.54, 1.807) is 17.5 Å². The number of fused-ring (bicyclic) bond motifs is 1. The lowest BCUT2D eigenvalue weighted by Gasteiger charge is -2.34. The molecule has 0 bridgehead atoms. The van der Waals surface area contributed by atoms with E-state index in [0.29, 0.717) is 38.7 Å². The number of nitrogens with zero attached hydrogens (tertiary/aromatic N) is 4. The Morgan fingerprint density at radius 1 is 1.13 bits per heavy atom. The van der Waals surface area contributed by atoms with Crippen molar-refractivity contribution in [2.75, 3.05) is 37.6 Å². The third-order valence-corrected chi connectivity index (χ3v) is 6.13. The number of aromatic nitrogens is 2. The Labute approximate surface area is 181 Å². The minimum Gasteiger partial charge on any atom is -0.352 e.